The lowest BCUT2D eigenvalue weighted by Crippen LogP contribution is -2.06. The van der Waals surface area contributed by atoms with Crippen molar-refractivity contribution in [1.29, 1.82) is 0 Å². The van der Waals surface area contributed by atoms with Crippen LogP contribution in [0.25, 0.3) is 22.6 Å². The molecule has 0 amide bonds. The van der Waals surface area contributed by atoms with E-state index in [1.165, 1.54) is 0 Å². The molecule has 0 atom stereocenters. The van der Waals surface area contributed by atoms with E-state index in [-0.39, 0.29) is 5.97 Å². The molecule has 3 aromatic rings. The minimum absolute atomic E-state index is 0.252. The Balaban J connectivity index is 2.12. The van der Waals surface area contributed by atoms with Crippen LogP contribution < -0.4 is 0 Å². The summed E-state index contributed by atoms with van der Waals surface area (Å²) in [6.07, 6.45) is 6.37. The molecule has 0 bridgehead atoms. The van der Waals surface area contributed by atoms with Crippen molar-refractivity contribution in [3.05, 3.63) is 53.9 Å². The van der Waals surface area contributed by atoms with Gasteiger partial charge in [0, 0.05) is 17.3 Å². The summed E-state index contributed by atoms with van der Waals surface area (Å²) in [5, 5.41) is 0. The highest BCUT2D eigenvalue weighted by atomic mass is 16.5. The second kappa shape index (κ2) is 6.02. The van der Waals surface area contributed by atoms with Gasteiger partial charge in [0.05, 0.1) is 29.4 Å². The monoisotopic (exact) mass is 294 g/mol. The lowest BCUT2D eigenvalue weighted by atomic mass is 10.1. The summed E-state index contributed by atoms with van der Waals surface area (Å²) in [6, 6.07) is 9.99. The second-order valence-electron chi connectivity index (χ2n) is 5.02. The van der Waals surface area contributed by atoms with Gasteiger partial charge in [-0.1, -0.05) is 19.1 Å². The summed E-state index contributed by atoms with van der Waals surface area (Å²) in [6.45, 7) is 4.16. The molecule has 112 valence electrons. The number of carbonyl (C=O) groups excluding carboxylic acids is 1. The molecule has 0 saturated heterocycles. The number of rotatable bonds is 4. The van der Waals surface area contributed by atoms with Crippen molar-refractivity contribution >= 4 is 28.6 Å². The first-order chi connectivity index (χ1) is 10.7. The number of aromatic nitrogens is 2. The Morgan fingerprint density at radius 3 is 2.82 bits per heavy atom. The fraction of sp³-hybridized carbons (Fsp3) is 0.222. The van der Waals surface area contributed by atoms with Gasteiger partial charge >= 0.3 is 5.97 Å². The third-order valence-electron chi connectivity index (χ3n) is 3.67. The maximum Gasteiger partial charge on any atom is 0.333 e. The molecule has 2 heterocycles. The SMILES string of the molecule is CCOC(=O)/C(=C/c1ccn2c1cnc1ccccc12)CC. The molecule has 0 N–H and O–H groups in total. The maximum absolute atomic E-state index is 11.9. The van der Waals surface area contributed by atoms with Crippen molar-refractivity contribution in [3.8, 4) is 0 Å². The fourth-order valence-electron chi connectivity index (χ4n) is 2.55. The van der Waals surface area contributed by atoms with Crippen LogP contribution in [-0.2, 0) is 9.53 Å². The van der Waals surface area contributed by atoms with Gasteiger partial charge in [-0.3, -0.25) is 4.98 Å². The van der Waals surface area contributed by atoms with Crippen molar-refractivity contribution < 1.29 is 9.53 Å². The van der Waals surface area contributed by atoms with E-state index < -0.39 is 0 Å². The quantitative estimate of drug-likeness (QED) is 0.542. The Hall–Kier alpha value is -2.62. The molecule has 22 heavy (non-hydrogen) atoms. The van der Waals surface area contributed by atoms with E-state index in [0.29, 0.717) is 18.6 Å². The maximum atomic E-state index is 11.9. The number of carbonyl (C=O) groups is 1. The van der Waals surface area contributed by atoms with Gasteiger partial charge in [-0.25, -0.2) is 4.79 Å². The molecular formula is C18H18N2O2. The first-order valence-corrected chi connectivity index (χ1v) is 7.47. The van der Waals surface area contributed by atoms with Crippen molar-refractivity contribution in [2.45, 2.75) is 20.3 Å². The van der Waals surface area contributed by atoms with Crippen LogP contribution in [0.3, 0.4) is 0 Å². The highest BCUT2D eigenvalue weighted by molar-refractivity contribution is 5.95. The van der Waals surface area contributed by atoms with Gasteiger partial charge in [-0.15, -0.1) is 0 Å². The van der Waals surface area contributed by atoms with Crippen LogP contribution in [0, 0.1) is 0 Å². The topological polar surface area (TPSA) is 43.6 Å². The Morgan fingerprint density at radius 1 is 1.23 bits per heavy atom. The predicted molar refractivity (Wildman–Crippen MR) is 87.6 cm³/mol. The first kappa shape index (κ1) is 14.3. The van der Waals surface area contributed by atoms with Gasteiger partial charge in [0.25, 0.3) is 0 Å². The molecule has 0 saturated carbocycles. The summed E-state index contributed by atoms with van der Waals surface area (Å²) in [7, 11) is 0. The molecule has 4 heteroatoms. The van der Waals surface area contributed by atoms with E-state index in [1.807, 2.05) is 62.6 Å². The Kier molecular flexibility index (Phi) is 3.92. The summed E-state index contributed by atoms with van der Waals surface area (Å²) >= 11 is 0. The number of hydrogen-bond donors (Lipinski definition) is 0. The van der Waals surface area contributed by atoms with Gasteiger partial charge in [-0.2, -0.15) is 0 Å². The molecule has 0 fully saturated rings. The van der Waals surface area contributed by atoms with Gasteiger partial charge in [0.2, 0.25) is 0 Å². The molecule has 4 nitrogen and oxygen atoms in total. The zero-order chi connectivity index (χ0) is 15.5. The lowest BCUT2D eigenvalue weighted by molar-refractivity contribution is -0.138. The molecule has 1 aromatic carbocycles. The van der Waals surface area contributed by atoms with Crippen LogP contribution in [0.15, 0.2) is 48.3 Å². The normalized spacial score (nSPS) is 12.0. The molecule has 0 aliphatic heterocycles. The molecule has 0 unspecified atom stereocenters. The Labute approximate surface area is 129 Å². The van der Waals surface area contributed by atoms with Crippen LogP contribution in [0.5, 0.6) is 0 Å². The second-order valence-corrected chi connectivity index (χ2v) is 5.02. The molecule has 0 aliphatic rings. The number of para-hydroxylation sites is 2. The lowest BCUT2D eigenvalue weighted by Gasteiger charge is -2.05. The zero-order valence-electron chi connectivity index (χ0n) is 12.7. The van der Waals surface area contributed by atoms with Crippen molar-refractivity contribution in [2.75, 3.05) is 6.61 Å². The highest BCUT2D eigenvalue weighted by Gasteiger charge is 2.11. The number of ether oxygens (including phenoxy) is 1. The van der Waals surface area contributed by atoms with E-state index in [4.69, 9.17) is 4.74 Å². The average Bonchev–Trinajstić information content (AvgIpc) is 2.96. The van der Waals surface area contributed by atoms with Crippen molar-refractivity contribution in [2.24, 2.45) is 0 Å². The third-order valence-corrected chi connectivity index (χ3v) is 3.67. The number of nitrogens with zero attached hydrogens (tertiary/aromatic N) is 2. The first-order valence-electron chi connectivity index (χ1n) is 7.47. The van der Waals surface area contributed by atoms with Gasteiger partial charge < -0.3 is 9.14 Å². The summed E-state index contributed by atoms with van der Waals surface area (Å²) in [4.78, 5) is 16.4. The Bertz CT molecular complexity index is 862. The van der Waals surface area contributed by atoms with Gasteiger partial charge in [0.1, 0.15) is 0 Å². The molecule has 0 spiro atoms. The number of hydrogen-bond acceptors (Lipinski definition) is 3. The minimum Gasteiger partial charge on any atom is -0.463 e. The van der Waals surface area contributed by atoms with Crippen molar-refractivity contribution in [3.63, 3.8) is 0 Å². The molecule has 0 radical (unpaired) electrons. The van der Waals surface area contributed by atoms with E-state index in [0.717, 1.165) is 22.1 Å². The third kappa shape index (κ3) is 2.48. The van der Waals surface area contributed by atoms with Crippen LogP contribution in [-0.4, -0.2) is 22.0 Å². The van der Waals surface area contributed by atoms with E-state index in [1.54, 1.807) is 0 Å². The summed E-state index contributed by atoms with van der Waals surface area (Å²) in [5.41, 5.74) is 4.62. The average molecular weight is 294 g/mol. The van der Waals surface area contributed by atoms with Crippen LogP contribution in [0.4, 0.5) is 0 Å². The summed E-state index contributed by atoms with van der Waals surface area (Å²) < 4.78 is 7.19. The summed E-state index contributed by atoms with van der Waals surface area (Å²) in [5.74, 6) is -0.252. The molecule has 0 aliphatic carbocycles. The van der Waals surface area contributed by atoms with Crippen LogP contribution >= 0.6 is 0 Å². The highest BCUT2D eigenvalue weighted by Crippen LogP contribution is 2.21. The van der Waals surface area contributed by atoms with E-state index >= 15 is 0 Å². The van der Waals surface area contributed by atoms with Gasteiger partial charge in [0.15, 0.2) is 0 Å². The molecule has 3 rings (SSSR count). The predicted octanol–water partition coefficient (Wildman–Crippen LogP) is 3.84. The fourth-order valence-corrected chi connectivity index (χ4v) is 2.55. The molecular weight excluding hydrogens is 276 g/mol. The largest absolute Gasteiger partial charge is 0.463 e. The zero-order valence-corrected chi connectivity index (χ0v) is 12.7. The van der Waals surface area contributed by atoms with Crippen molar-refractivity contribution in [1.82, 2.24) is 9.38 Å². The Morgan fingerprint density at radius 2 is 2.05 bits per heavy atom. The van der Waals surface area contributed by atoms with E-state index in [9.17, 15) is 4.79 Å². The number of esters is 1. The standard InChI is InChI=1S/C18H18N2O2/c1-3-13(18(21)22-4-2)11-14-9-10-20-16-8-6-5-7-15(16)19-12-17(14)20/h5-12H,3-4H2,1-2H3/b13-11+. The van der Waals surface area contributed by atoms with E-state index in [2.05, 4.69) is 9.38 Å². The van der Waals surface area contributed by atoms with Gasteiger partial charge in [-0.05, 0) is 37.6 Å². The number of benzene rings is 1. The minimum atomic E-state index is -0.252. The van der Waals surface area contributed by atoms with Crippen LogP contribution in [0.2, 0.25) is 0 Å². The van der Waals surface area contributed by atoms with Crippen LogP contribution in [0.1, 0.15) is 25.8 Å². The molecule has 2 aromatic heterocycles. The smallest absolute Gasteiger partial charge is 0.333 e. The number of fused-ring (bicyclic) bond motifs is 3.